The number of hydrogen-bond donors (Lipinski definition) is 2. The van der Waals surface area contributed by atoms with Crippen LogP contribution in [0.3, 0.4) is 0 Å². The summed E-state index contributed by atoms with van der Waals surface area (Å²) in [5.41, 5.74) is 0.228. The van der Waals surface area contributed by atoms with Crippen LogP contribution in [0.2, 0.25) is 0 Å². The van der Waals surface area contributed by atoms with Gasteiger partial charge in [-0.05, 0) is 17.7 Å². The molecule has 1 rings (SSSR count). The molecule has 1 aromatic carbocycles. The van der Waals surface area contributed by atoms with Gasteiger partial charge in [0.25, 0.3) is 10.2 Å². The van der Waals surface area contributed by atoms with Crippen molar-refractivity contribution >= 4 is 10.2 Å². The maximum absolute atomic E-state index is 12.0. The van der Waals surface area contributed by atoms with E-state index in [2.05, 4.69) is 4.72 Å². The van der Waals surface area contributed by atoms with Gasteiger partial charge in [-0.2, -0.15) is 26.3 Å². The topological polar surface area (TPSA) is 67.4 Å². The first-order chi connectivity index (χ1) is 9.95. The Bertz CT molecular complexity index is 584. The van der Waals surface area contributed by atoms with E-state index in [4.69, 9.17) is 4.74 Å². The van der Waals surface area contributed by atoms with Crippen LogP contribution >= 0.6 is 0 Å². The van der Waals surface area contributed by atoms with Crippen LogP contribution in [0.15, 0.2) is 24.3 Å². The van der Waals surface area contributed by atoms with E-state index < -0.39 is 28.3 Å². The number of hydrogen-bond acceptors (Lipinski definition) is 3. The summed E-state index contributed by atoms with van der Waals surface area (Å²) in [7, 11) is -2.69. The first-order valence-corrected chi connectivity index (χ1v) is 7.89. The zero-order valence-electron chi connectivity index (χ0n) is 12.5. The monoisotopic (exact) mass is 340 g/mol. The molecule has 0 saturated carbocycles. The minimum absolute atomic E-state index is 0.0491. The van der Waals surface area contributed by atoms with Gasteiger partial charge in [0.2, 0.25) is 0 Å². The SMILES string of the molecule is COc1ccc(C(C)(C)CNS(=O)(=O)NCC(F)(F)F)cc1. The lowest BCUT2D eigenvalue weighted by molar-refractivity contribution is -0.121. The van der Waals surface area contributed by atoms with E-state index in [1.54, 1.807) is 38.1 Å². The van der Waals surface area contributed by atoms with Crippen LogP contribution in [0.5, 0.6) is 5.75 Å². The van der Waals surface area contributed by atoms with Crippen LogP contribution in [0, 0.1) is 0 Å². The molecular weight excluding hydrogens is 321 g/mol. The molecule has 0 aliphatic carbocycles. The lowest BCUT2D eigenvalue weighted by atomic mass is 9.85. The van der Waals surface area contributed by atoms with Crippen molar-refractivity contribution in [3.8, 4) is 5.75 Å². The van der Waals surface area contributed by atoms with E-state index in [9.17, 15) is 21.6 Å². The summed E-state index contributed by atoms with van der Waals surface area (Å²) in [6, 6.07) is 7.01. The maximum Gasteiger partial charge on any atom is 0.402 e. The fourth-order valence-electron chi connectivity index (χ4n) is 1.65. The van der Waals surface area contributed by atoms with E-state index in [0.29, 0.717) is 5.75 Å². The molecule has 0 aromatic heterocycles. The maximum atomic E-state index is 12.0. The molecule has 0 unspecified atom stereocenters. The van der Waals surface area contributed by atoms with Gasteiger partial charge in [-0.3, -0.25) is 0 Å². The minimum atomic E-state index is -4.60. The molecule has 1 aromatic rings. The van der Waals surface area contributed by atoms with Crippen molar-refractivity contribution in [3.63, 3.8) is 0 Å². The summed E-state index contributed by atoms with van der Waals surface area (Å²) in [5, 5.41) is 0. The van der Waals surface area contributed by atoms with Crippen LogP contribution in [0.1, 0.15) is 19.4 Å². The predicted molar refractivity (Wildman–Crippen MR) is 77.0 cm³/mol. The number of alkyl halides is 3. The first kappa shape index (κ1) is 18.7. The number of ether oxygens (including phenoxy) is 1. The van der Waals surface area contributed by atoms with Gasteiger partial charge in [-0.15, -0.1) is 0 Å². The molecule has 126 valence electrons. The third-order valence-corrected chi connectivity index (χ3v) is 4.09. The van der Waals surface area contributed by atoms with Crippen molar-refractivity contribution in [2.24, 2.45) is 0 Å². The molecule has 0 aliphatic heterocycles. The van der Waals surface area contributed by atoms with E-state index in [0.717, 1.165) is 5.56 Å². The van der Waals surface area contributed by atoms with Crippen LogP contribution in [0.25, 0.3) is 0 Å². The standard InChI is InChI=1S/C13H19F3N2O3S/c1-12(2,10-4-6-11(21-3)7-5-10)8-17-22(19,20)18-9-13(14,15)16/h4-7,17-18H,8-9H2,1-3H3. The molecule has 0 amide bonds. The Hall–Kier alpha value is -1.32. The second-order valence-corrected chi connectivity index (χ2v) is 6.96. The summed E-state index contributed by atoms with van der Waals surface area (Å²) >= 11 is 0. The largest absolute Gasteiger partial charge is 0.497 e. The van der Waals surface area contributed by atoms with Crippen molar-refractivity contribution in [3.05, 3.63) is 29.8 Å². The summed E-state index contributed by atoms with van der Waals surface area (Å²) in [5.74, 6) is 0.659. The third kappa shape index (κ3) is 6.20. The van der Waals surface area contributed by atoms with Crippen molar-refractivity contribution in [1.29, 1.82) is 0 Å². The minimum Gasteiger partial charge on any atom is -0.497 e. The average Bonchev–Trinajstić information content (AvgIpc) is 2.43. The van der Waals surface area contributed by atoms with Gasteiger partial charge in [0.15, 0.2) is 0 Å². The molecule has 0 radical (unpaired) electrons. The molecule has 0 aliphatic rings. The smallest absolute Gasteiger partial charge is 0.402 e. The number of benzene rings is 1. The number of rotatable bonds is 7. The quantitative estimate of drug-likeness (QED) is 0.797. The first-order valence-electron chi connectivity index (χ1n) is 6.41. The van der Waals surface area contributed by atoms with Gasteiger partial charge >= 0.3 is 6.18 Å². The lowest BCUT2D eigenvalue weighted by Gasteiger charge is -2.26. The molecule has 0 heterocycles. The Morgan fingerprint density at radius 3 is 2.00 bits per heavy atom. The van der Waals surface area contributed by atoms with E-state index in [-0.39, 0.29) is 6.54 Å². The van der Waals surface area contributed by atoms with E-state index >= 15 is 0 Å². The Morgan fingerprint density at radius 1 is 1.05 bits per heavy atom. The summed E-state index contributed by atoms with van der Waals surface area (Å²) in [4.78, 5) is 0. The van der Waals surface area contributed by atoms with Crippen LogP contribution in [0.4, 0.5) is 13.2 Å². The molecular formula is C13H19F3N2O3S. The van der Waals surface area contributed by atoms with Crippen LogP contribution in [-0.2, 0) is 15.6 Å². The Kier molecular flexibility index (Phi) is 5.82. The Labute approximate surface area is 128 Å². The summed E-state index contributed by atoms with van der Waals surface area (Å²) in [6.07, 6.45) is -4.60. The van der Waals surface area contributed by atoms with Crippen molar-refractivity contribution in [2.75, 3.05) is 20.2 Å². The molecule has 9 heteroatoms. The second-order valence-electron chi connectivity index (χ2n) is 5.37. The lowest BCUT2D eigenvalue weighted by Crippen LogP contribution is -2.45. The van der Waals surface area contributed by atoms with Crippen LogP contribution in [-0.4, -0.2) is 34.8 Å². The normalized spacial score (nSPS) is 13.2. The van der Waals surface area contributed by atoms with Gasteiger partial charge in [-0.1, -0.05) is 26.0 Å². The molecule has 0 atom stereocenters. The zero-order chi connectivity index (χ0) is 17.0. The van der Waals surface area contributed by atoms with E-state index in [1.165, 1.54) is 11.8 Å². The van der Waals surface area contributed by atoms with Crippen molar-refractivity contribution < 1.29 is 26.3 Å². The predicted octanol–water partition coefficient (Wildman–Crippen LogP) is 1.96. The average molecular weight is 340 g/mol. The molecule has 0 bridgehead atoms. The zero-order valence-corrected chi connectivity index (χ0v) is 13.3. The Morgan fingerprint density at radius 2 is 1.55 bits per heavy atom. The summed E-state index contributed by atoms with van der Waals surface area (Å²) < 4.78 is 67.7. The number of halogens is 3. The Balaban J connectivity index is 2.67. The molecule has 0 spiro atoms. The molecule has 22 heavy (non-hydrogen) atoms. The van der Waals surface area contributed by atoms with Gasteiger partial charge in [-0.25, -0.2) is 4.72 Å². The third-order valence-electron chi connectivity index (χ3n) is 3.04. The fourth-order valence-corrected chi connectivity index (χ4v) is 2.65. The molecule has 0 fully saturated rings. The van der Waals surface area contributed by atoms with Crippen molar-refractivity contribution in [1.82, 2.24) is 9.44 Å². The number of methoxy groups -OCH3 is 1. The highest BCUT2D eigenvalue weighted by Crippen LogP contribution is 2.24. The van der Waals surface area contributed by atoms with Gasteiger partial charge < -0.3 is 4.74 Å². The molecule has 5 nitrogen and oxygen atoms in total. The van der Waals surface area contributed by atoms with Crippen LogP contribution < -0.4 is 14.2 Å². The number of nitrogens with one attached hydrogen (secondary N) is 2. The van der Waals surface area contributed by atoms with Gasteiger partial charge in [0, 0.05) is 12.0 Å². The fraction of sp³-hybridized carbons (Fsp3) is 0.538. The highest BCUT2D eigenvalue weighted by molar-refractivity contribution is 7.87. The molecule has 2 N–H and O–H groups in total. The van der Waals surface area contributed by atoms with Crippen molar-refractivity contribution in [2.45, 2.75) is 25.4 Å². The molecule has 0 saturated heterocycles. The van der Waals surface area contributed by atoms with E-state index in [1.807, 2.05) is 0 Å². The second kappa shape index (κ2) is 6.84. The highest BCUT2D eigenvalue weighted by Gasteiger charge is 2.30. The van der Waals surface area contributed by atoms with Gasteiger partial charge in [0.05, 0.1) is 7.11 Å². The summed E-state index contributed by atoms with van der Waals surface area (Å²) in [6.45, 7) is 1.90. The highest BCUT2D eigenvalue weighted by atomic mass is 32.2. The van der Waals surface area contributed by atoms with Gasteiger partial charge in [0.1, 0.15) is 12.3 Å².